The smallest absolute Gasteiger partial charge is 0.0923 e. The highest BCUT2D eigenvalue weighted by molar-refractivity contribution is 5.66. The van der Waals surface area contributed by atoms with Gasteiger partial charge in [0.1, 0.15) is 0 Å². The SMILES string of the molecule is C[C@@H]1Cc2cccnc2-c2ncccc21. The van der Waals surface area contributed by atoms with E-state index in [1.54, 1.807) is 0 Å². The van der Waals surface area contributed by atoms with Gasteiger partial charge in [-0.25, -0.2) is 0 Å². The van der Waals surface area contributed by atoms with Crippen LogP contribution in [0.15, 0.2) is 36.7 Å². The molecule has 1 atom stereocenters. The van der Waals surface area contributed by atoms with Gasteiger partial charge in [-0.3, -0.25) is 9.97 Å². The minimum atomic E-state index is 0.547. The van der Waals surface area contributed by atoms with E-state index in [4.69, 9.17) is 0 Å². The second-order valence-electron chi connectivity index (χ2n) is 4.06. The normalized spacial score (nSPS) is 18.1. The molecule has 0 unspecified atom stereocenters. The first-order valence-corrected chi connectivity index (χ1v) is 5.25. The summed E-state index contributed by atoms with van der Waals surface area (Å²) < 4.78 is 0. The van der Waals surface area contributed by atoms with Crippen molar-refractivity contribution in [3.05, 3.63) is 47.8 Å². The van der Waals surface area contributed by atoms with Gasteiger partial charge >= 0.3 is 0 Å². The lowest BCUT2D eigenvalue weighted by atomic mass is 9.85. The summed E-state index contributed by atoms with van der Waals surface area (Å²) in [6, 6.07) is 8.31. The van der Waals surface area contributed by atoms with E-state index in [1.165, 1.54) is 11.1 Å². The molecule has 2 nitrogen and oxygen atoms in total. The summed E-state index contributed by atoms with van der Waals surface area (Å²) in [4.78, 5) is 8.88. The Bertz CT molecular complexity index is 505. The maximum atomic E-state index is 4.45. The average molecular weight is 196 g/mol. The molecule has 0 bridgehead atoms. The van der Waals surface area contributed by atoms with Crippen molar-refractivity contribution in [3.63, 3.8) is 0 Å². The summed E-state index contributed by atoms with van der Waals surface area (Å²) in [6.45, 7) is 2.25. The highest BCUT2D eigenvalue weighted by atomic mass is 14.8. The summed E-state index contributed by atoms with van der Waals surface area (Å²) in [5.41, 5.74) is 4.76. The van der Waals surface area contributed by atoms with Crippen molar-refractivity contribution in [1.29, 1.82) is 0 Å². The Hall–Kier alpha value is -1.70. The van der Waals surface area contributed by atoms with E-state index in [-0.39, 0.29) is 0 Å². The fraction of sp³-hybridized carbons (Fsp3) is 0.231. The third-order valence-electron chi connectivity index (χ3n) is 3.01. The van der Waals surface area contributed by atoms with Crippen molar-refractivity contribution >= 4 is 0 Å². The second-order valence-corrected chi connectivity index (χ2v) is 4.06. The molecule has 2 heteroatoms. The predicted molar refractivity (Wildman–Crippen MR) is 59.6 cm³/mol. The first-order chi connectivity index (χ1) is 7.36. The van der Waals surface area contributed by atoms with Crippen LogP contribution in [-0.2, 0) is 6.42 Å². The fourth-order valence-electron chi connectivity index (χ4n) is 2.27. The standard InChI is InChI=1S/C13H12N2/c1-9-8-10-4-2-6-14-12(10)13-11(9)5-3-7-15-13/h2-7,9H,8H2,1H3/t9-/m1/s1. The molecule has 0 saturated heterocycles. The van der Waals surface area contributed by atoms with Crippen LogP contribution in [0.4, 0.5) is 0 Å². The van der Waals surface area contributed by atoms with Crippen molar-refractivity contribution in [1.82, 2.24) is 9.97 Å². The van der Waals surface area contributed by atoms with E-state index in [0.717, 1.165) is 17.8 Å². The summed E-state index contributed by atoms with van der Waals surface area (Å²) in [6.07, 6.45) is 4.75. The van der Waals surface area contributed by atoms with Gasteiger partial charge in [-0.1, -0.05) is 19.1 Å². The first kappa shape index (κ1) is 8.60. The van der Waals surface area contributed by atoms with Crippen molar-refractivity contribution < 1.29 is 0 Å². The number of nitrogens with zero attached hydrogens (tertiary/aromatic N) is 2. The molecule has 2 heterocycles. The zero-order chi connectivity index (χ0) is 10.3. The molecule has 1 aliphatic rings. The van der Waals surface area contributed by atoms with E-state index in [0.29, 0.717) is 5.92 Å². The zero-order valence-corrected chi connectivity index (χ0v) is 8.64. The largest absolute Gasteiger partial charge is 0.254 e. The van der Waals surface area contributed by atoms with Crippen molar-refractivity contribution in [2.24, 2.45) is 0 Å². The monoisotopic (exact) mass is 196 g/mol. The number of rotatable bonds is 0. The summed E-state index contributed by atoms with van der Waals surface area (Å²) in [5, 5.41) is 0. The predicted octanol–water partition coefficient (Wildman–Crippen LogP) is 2.80. The Morgan fingerprint density at radius 1 is 1.07 bits per heavy atom. The van der Waals surface area contributed by atoms with Crippen molar-refractivity contribution in [2.75, 3.05) is 0 Å². The molecule has 1 aliphatic carbocycles. The van der Waals surface area contributed by atoms with Gasteiger partial charge in [0.15, 0.2) is 0 Å². The van der Waals surface area contributed by atoms with Crippen LogP contribution in [0.1, 0.15) is 24.0 Å². The van der Waals surface area contributed by atoms with Crippen LogP contribution >= 0.6 is 0 Å². The second kappa shape index (κ2) is 3.16. The van der Waals surface area contributed by atoms with Crippen LogP contribution in [0.5, 0.6) is 0 Å². The number of hydrogen-bond acceptors (Lipinski definition) is 2. The molecule has 15 heavy (non-hydrogen) atoms. The zero-order valence-electron chi connectivity index (χ0n) is 8.64. The van der Waals surface area contributed by atoms with Crippen LogP contribution in [0.2, 0.25) is 0 Å². The Morgan fingerprint density at radius 2 is 1.80 bits per heavy atom. The van der Waals surface area contributed by atoms with Gasteiger partial charge in [0.05, 0.1) is 11.4 Å². The van der Waals surface area contributed by atoms with E-state index < -0.39 is 0 Å². The van der Waals surface area contributed by atoms with Gasteiger partial charge in [-0.15, -0.1) is 0 Å². The molecule has 2 aromatic heterocycles. The van der Waals surface area contributed by atoms with E-state index >= 15 is 0 Å². The quantitative estimate of drug-likeness (QED) is 0.647. The van der Waals surface area contributed by atoms with E-state index in [2.05, 4.69) is 29.0 Å². The highest BCUT2D eigenvalue weighted by Crippen LogP contribution is 2.36. The molecule has 74 valence electrons. The maximum Gasteiger partial charge on any atom is 0.0923 e. The molecule has 0 amide bonds. The third kappa shape index (κ3) is 1.25. The Morgan fingerprint density at radius 3 is 2.67 bits per heavy atom. The van der Waals surface area contributed by atoms with Gasteiger partial charge in [-0.05, 0) is 35.6 Å². The molecular formula is C13H12N2. The topological polar surface area (TPSA) is 25.8 Å². The Labute approximate surface area is 89.0 Å². The maximum absolute atomic E-state index is 4.45. The lowest BCUT2D eigenvalue weighted by molar-refractivity contribution is 0.738. The first-order valence-electron chi connectivity index (χ1n) is 5.25. The number of aromatic nitrogens is 2. The molecule has 0 aromatic carbocycles. The van der Waals surface area contributed by atoms with Gasteiger partial charge in [0.25, 0.3) is 0 Å². The van der Waals surface area contributed by atoms with Gasteiger partial charge in [-0.2, -0.15) is 0 Å². The Balaban J connectivity index is 2.30. The van der Waals surface area contributed by atoms with Gasteiger partial charge < -0.3 is 0 Å². The average Bonchev–Trinajstić information content (AvgIpc) is 2.30. The molecule has 0 fully saturated rings. The highest BCUT2D eigenvalue weighted by Gasteiger charge is 2.22. The Kier molecular flexibility index (Phi) is 1.81. The summed E-state index contributed by atoms with van der Waals surface area (Å²) in [7, 11) is 0. The van der Waals surface area contributed by atoms with Crippen molar-refractivity contribution in [3.8, 4) is 11.4 Å². The molecular weight excluding hydrogens is 184 g/mol. The molecule has 0 saturated carbocycles. The lowest BCUT2D eigenvalue weighted by Gasteiger charge is -2.22. The number of pyridine rings is 2. The molecule has 2 aromatic rings. The van der Waals surface area contributed by atoms with Crippen LogP contribution < -0.4 is 0 Å². The number of fused-ring (bicyclic) bond motifs is 3. The molecule has 0 N–H and O–H groups in total. The van der Waals surface area contributed by atoms with E-state index in [9.17, 15) is 0 Å². The summed E-state index contributed by atoms with van der Waals surface area (Å²) >= 11 is 0. The third-order valence-corrected chi connectivity index (χ3v) is 3.01. The van der Waals surface area contributed by atoms with Crippen LogP contribution in [0, 0.1) is 0 Å². The molecule has 0 aliphatic heterocycles. The van der Waals surface area contributed by atoms with Crippen LogP contribution in [0.3, 0.4) is 0 Å². The molecule has 0 spiro atoms. The van der Waals surface area contributed by atoms with Crippen LogP contribution in [-0.4, -0.2) is 9.97 Å². The van der Waals surface area contributed by atoms with Gasteiger partial charge in [0, 0.05) is 12.4 Å². The molecule has 0 radical (unpaired) electrons. The lowest BCUT2D eigenvalue weighted by Crippen LogP contribution is -2.10. The van der Waals surface area contributed by atoms with Crippen LogP contribution in [0.25, 0.3) is 11.4 Å². The molecule has 3 rings (SSSR count). The van der Waals surface area contributed by atoms with Gasteiger partial charge in [0.2, 0.25) is 0 Å². The minimum absolute atomic E-state index is 0.547. The van der Waals surface area contributed by atoms with E-state index in [1.807, 2.05) is 24.5 Å². The number of hydrogen-bond donors (Lipinski definition) is 0. The fourth-order valence-corrected chi connectivity index (χ4v) is 2.27. The summed E-state index contributed by atoms with van der Waals surface area (Å²) in [5.74, 6) is 0.547. The van der Waals surface area contributed by atoms with Crippen molar-refractivity contribution in [2.45, 2.75) is 19.3 Å². The minimum Gasteiger partial charge on any atom is -0.254 e.